The zero-order chi connectivity index (χ0) is 12.0. The molecule has 16 heavy (non-hydrogen) atoms. The van der Waals surface area contributed by atoms with Crippen LogP contribution in [-0.4, -0.2) is 36.3 Å². The van der Waals surface area contributed by atoms with Gasteiger partial charge in [-0.25, -0.2) is 0 Å². The second-order valence-electron chi connectivity index (χ2n) is 3.70. The molecule has 1 heterocycles. The Morgan fingerprint density at radius 2 is 2.38 bits per heavy atom. The van der Waals surface area contributed by atoms with Gasteiger partial charge < -0.3 is 15.2 Å². The molecule has 0 aromatic carbocycles. The Hall–Kier alpha value is -1.62. The number of ether oxygens (including phenoxy) is 1. The Morgan fingerprint density at radius 1 is 1.62 bits per heavy atom. The average molecular weight is 224 g/mol. The minimum absolute atomic E-state index is 0.0161. The number of carbonyl (C=O) groups excluding carboxylic acids is 1. The largest absolute Gasteiger partial charge is 0.506 e. The minimum Gasteiger partial charge on any atom is -0.506 e. The fourth-order valence-corrected chi connectivity index (χ4v) is 1.26. The van der Waals surface area contributed by atoms with Gasteiger partial charge in [0.15, 0.2) is 0 Å². The van der Waals surface area contributed by atoms with Gasteiger partial charge in [-0.3, -0.25) is 9.78 Å². The number of rotatable bonds is 5. The number of amides is 1. The van der Waals surface area contributed by atoms with E-state index in [4.69, 9.17) is 9.84 Å². The van der Waals surface area contributed by atoms with E-state index in [1.54, 1.807) is 7.11 Å². The Bertz CT molecular complexity index is 355. The Kier molecular flexibility index (Phi) is 4.72. The molecule has 0 spiro atoms. The van der Waals surface area contributed by atoms with E-state index in [-0.39, 0.29) is 17.6 Å². The molecule has 1 aromatic heterocycles. The zero-order valence-corrected chi connectivity index (χ0v) is 9.43. The van der Waals surface area contributed by atoms with E-state index in [0.717, 1.165) is 0 Å². The number of nitrogens with zero attached hydrogens (tertiary/aromatic N) is 1. The minimum atomic E-state index is -0.244. The van der Waals surface area contributed by atoms with Crippen molar-refractivity contribution in [2.24, 2.45) is 5.92 Å². The monoisotopic (exact) mass is 224 g/mol. The van der Waals surface area contributed by atoms with Gasteiger partial charge in [0.05, 0.1) is 18.4 Å². The maximum atomic E-state index is 11.6. The van der Waals surface area contributed by atoms with E-state index >= 15 is 0 Å². The highest BCUT2D eigenvalue weighted by atomic mass is 16.5. The van der Waals surface area contributed by atoms with Crippen LogP contribution in [0.15, 0.2) is 18.5 Å². The van der Waals surface area contributed by atoms with Crippen LogP contribution in [0.4, 0.5) is 0 Å². The lowest BCUT2D eigenvalue weighted by Gasteiger charge is -2.11. The number of pyridine rings is 1. The quantitative estimate of drug-likeness (QED) is 0.776. The second kappa shape index (κ2) is 6.07. The van der Waals surface area contributed by atoms with Crippen molar-refractivity contribution in [1.82, 2.24) is 10.3 Å². The molecule has 1 atom stereocenters. The normalized spacial score (nSPS) is 12.1. The standard InChI is InChI=1S/C11H16N2O3/c1-8(7-16-2)4-13-11(15)9-3-10(14)6-12-5-9/h3,5-6,8,14H,4,7H2,1-2H3,(H,13,15). The lowest BCUT2D eigenvalue weighted by Crippen LogP contribution is -2.29. The highest BCUT2D eigenvalue weighted by molar-refractivity contribution is 5.94. The third kappa shape index (κ3) is 3.86. The molecular formula is C11H16N2O3. The van der Waals surface area contributed by atoms with Gasteiger partial charge in [-0.2, -0.15) is 0 Å². The summed E-state index contributed by atoms with van der Waals surface area (Å²) in [7, 11) is 1.62. The number of nitrogens with one attached hydrogen (secondary N) is 1. The molecule has 0 fully saturated rings. The third-order valence-electron chi connectivity index (χ3n) is 2.05. The lowest BCUT2D eigenvalue weighted by atomic mass is 10.2. The van der Waals surface area contributed by atoms with Crippen molar-refractivity contribution in [3.8, 4) is 5.75 Å². The first-order chi connectivity index (χ1) is 7.63. The van der Waals surface area contributed by atoms with E-state index in [0.29, 0.717) is 18.7 Å². The van der Waals surface area contributed by atoms with E-state index in [1.165, 1.54) is 18.5 Å². The molecule has 0 aliphatic rings. The summed E-state index contributed by atoms with van der Waals surface area (Å²) in [5.41, 5.74) is 0.351. The summed E-state index contributed by atoms with van der Waals surface area (Å²) in [4.78, 5) is 15.3. The van der Waals surface area contributed by atoms with Gasteiger partial charge in [-0.1, -0.05) is 6.92 Å². The van der Waals surface area contributed by atoms with Gasteiger partial charge in [0.1, 0.15) is 5.75 Å². The molecule has 0 aliphatic carbocycles. The van der Waals surface area contributed by atoms with Crippen LogP contribution in [0.3, 0.4) is 0 Å². The first kappa shape index (κ1) is 12.4. The number of hydrogen-bond donors (Lipinski definition) is 2. The number of aromatic nitrogens is 1. The van der Waals surface area contributed by atoms with Crippen molar-refractivity contribution >= 4 is 5.91 Å². The van der Waals surface area contributed by atoms with Crippen molar-refractivity contribution < 1.29 is 14.6 Å². The molecule has 1 aromatic rings. The van der Waals surface area contributed by atoms with Crippen molar-refractivity contribution in [3.63, 3.8) is 0 Å². The van der Waals surface area contributed by atoms with Gasteiger partial charge in [0.2, 0.25) is 0 Å². The molecule has 0 bridgehead atoms. The molecular weight excluding hydrogens is 208 g/mol. The SMILES string of the molecule is COCC(C)CNC(=O)c1cncc(O)c1. The van der Waals surface area contributed by atoms with Gasteiger partial charge in [-0.05, 0) is 12.0 Å². The summed E-state index contributed by atoms with van der Waals surface area (Å²) < 4.78 is 4.96. The van der Waals surface area contributed by atoms with Gasteiger partial charge in [0.25, 0.3) is 5.91 Å². The van der Waals surface area contributed by atoms with Crippen LogP contribution in [0.1, 0.15) is 17.3 Å². The topological polar surface area (TPSA) is 71.5 Å². The molecule has 0 saturated carbocycles. The average Bonchev–Trinajstić information content (AvgIpc) is 2.26. The van der Waals surface area contributed by atoms with Crippen molar-refractivity contribution in [2.75, 3.05) is 20.3 Å². The van der Waals surface area contributed by atoms with Gasteiger partial charge in [-0.15, -0.1) is 0 Å². The molecule has 0 aliphatic heterocycles. The van der Waals surface area contributed by atoms with Crippen molar-refractivity contribution in [3.05, 3.63) is 24.0 Å². The molecule has 1 amide bonds. The number of aromatic hydroxyl groups is 1. The first-order valence-electron chi connectivity index (χ1n) is 5.04. The van der Waals surface area contributed by atoms with Crippen molar-refractivity contribution in [2.45, 2.75) is 6.92 Å². The van der Waals surface area contributed by atoms with E-state index in [2.05, 4.69) is 10.3 Å². The summed E-state index contributed by atoms with van der Waals surface area (Å²) in [6.07, 6.45) is 2.69. The molecule has 5 heteroatoms. The highest BCUT2D eigenvalue weighted by Crippen LogP contribution is 2.08. The van der Waals surface area contributed by atoms with E-state index < -0.39 is 0 Å². The Balaban J connectivity index is 2.47. The predicted octanol–water partition coefficient (Wildman–Crippen LogP) is 0.799. The Morgan fingerprint density at radius 3 is 3.00 bits per heavy atom. The number of carbonyl (C=O) groups is 1. The fraction of sp³-hybridized carbons (Fsp3) is 0.455. The first-order valence-corrected chi connectivity index (χ1v) is 5.04. The van der Waals surface area contributed by atoms with Gasteiger partial charge >= 0.3 is 0 Å². The molecule has 0 radical (unpaired) electrons. The van der Waals surface area contributed by atoms with Crippen LogP contribution >= 0.6 is 0 Å². The summed E-state index contributed by atoms with van der Waals surface area (Å²) in [6.45, 7) is 3.10. The summed E-state index contributed by atoms with van der Waals surface area (Å²) in [5, 5.41) is 11.9. The summed E-state index contributed by atoms with van der Waals surface area (Å²) >= 11 is 0. The number of methoxy groups -OCH3 is 1. The fourth-order valence-electron chi connectivity index (χ4n) is 1.26. The highest BCUT2D eigenvalue weighted by Gasteiger charge is 2.08. The summed E-state index contributed by atoms with van der Waals surface area (Å²) in [5.74, 6) is -0.0110. The van der Waals surface area contributed by atoms with Crippen LogP contribution < -0.4 is 5.32 Å². The van der Waals surface area contributed by atoms with E-state index in [9.17, 15) is 4.79 Å². The van der Waals surface area contributed by atoms with E-state index in [1.807, 2.05) is 6.92 Å². The predicted molar refractivity (Wildman–Crippen MR) is 59.3 cm³/mol. The molecule has 0 saturated heterocycles. The molecule has 88 valence electrons. The Labute approximate surface area is 94.5 Å². The molecule has 1 rings (SSSR count). The zero-order valence-electron chi connectivity index (χ0n) is 9.43. The maximum absolute atomic E-state index is 11.6. The van der Waals surface area contributed by atoms with Crippen molar-refractivity contribution in [1.29, 1.82) is 0 Å². The van der Waals surface area contributed by atoms with Crippen LogP contribution in [0, 0.1) is 5.92 Å². The number of hydrogen-bond acceptors (Lipinski definition) is 4. The summed E-state index contributed by atoms with van der Waals surface area (Å²) in [6, 6.07) is 1.38. The molecule has 1 unspecified atom stereocenters. The van der Waals surface area contributed by atoms with Crippen LogP contribution in [0.25, 0.3) is 0 Å². The van der Waals surface area contributed by atoms with Crippen LogP contribution in [-0.2, 0) is 4.74 Å². The van der Waals surface area contributed by atoms with Crippen LogP contribution in [0.5, 0.6) is 5.75 Å². The van der Waals surface area contributed by atoms with Gasteiger partial charge in [0, 0.05) is 19.9 Å². The maximum Gasteiger partial charge on any atom is 0.252 e. The third-order valence-corrected chi connectivity index (χ3v) is 2.05. The molecule has 5 nitrogen and oxygen atoms in total. The smallest absolute Gasteiger partial charge is 0.252 e. The second-order valence-corrected chi connectivity index (χ2v) is 3.70. The lowest BCUT2D eigenvalue weighted by molar-refractivity contribution is 0.0933. The van der Waals surface area contributed by atoms with Crippen LogP contribution in [0.2, 0.25) is 0 Å². The molecule has 2 N–H and O–H groups in total.